The van der Waals surface area contributed by atoms with E-state index >= 15 is 0 Å². The summed E-state index contributed by atoms with van der Waals surface area (Å²) < 4.78 is 0. The van der Waals surface area contributed by atoms with Gasteiger partial charge in [-0.1, -0.05) is 0 Å². The van der Waals surface area contributed by atoms with Crippen LogP contribution in [0.3, 0.4) is 0 Å². The summed E-state index contributed by atoms with van der Waals surface area (Å²) >= 11 is 1.46. The topological polar surface area (TPSA) is 74.9 Å². The summed E-state index contributed by atoms with van der Waals surface area (Å²) in [6.45, 7) is 0.253. The molecule has 4 N–H and O–H groups in total. The molecule has 0 fully saturated rings. The third-order valence-corrected chi connectivity index (χ3v) is 2.83. The van der Waals surface area contributed by atoms with Crippen LogP contribution in [0.4, 0.5) is 0 Å². The van der Waals surface area contributed by atoms with Gasteiger partial charge in [-0.3, -0.25) is 0 Å². The Bertz CT molecular complexity index is 352. The van der Waals surface area contributed by atoms with Crippen LogP contribution in [0, 0.1) is 0 Å². The van der Waals surface area contributed by atoms with Crippen LogP contribution in [0.5, 0.6) is 0 Å². The molecule has 2 aromatic rings. The monoisotopic (exact) mass is 183 g/mol. The van der Waals surface area contributed by atoms with Gasteiger partial charge >= 0.3 is 0 Å². The Morgan fingerprint density at radius 1 is 1.75 bits per heavy atom. The molecule has 64 valence electrons. The number of nitrogens with two attached hydrogens (primary N) is 1. The number of rotatable bonds is 2. The van der Waals surface area contributed by atoms with Crippen LogP contribution in [0.15, 0.2) is 12.4 Å². The van der Waals surface area contributed by atoms with E-state index in [1.807, 2.05) is 6.07 Å². The zero-order valence-corrected chi connectivity index (χ0v) is 7.14. The zero-order chi connectivity index (χ0) is 8.55. The first kappa shape index (κ1) is 7.72. The second-order valence-electron chi connectivity index (χ2n) is 2.52. The van der Waals surface area contributed by atoms with Crippen LogP contribution >= 0.6 is 11.3 Å². The van der Waals surface area contributed by atoms with E-state index in [0.717, 1.165) is 15.2 Å². The summed E-state index contributed by atoms with van der Waals surface area (Å²) in [4.78, 5) is 8.82. The Balaban J connectivity index is 2.44. The highest BCUT2D eigenvalue weighted by atomic mass is 32.1. The van der Waals surface area contributed by atoms with Crippen molar-refractivity contribution in [2.45, 2.75) is 6.10 Å². The van der Waals surface area contributed by atoms with Crippen molar-refractivity contribution in [1.29, 1.82) is 0 Å². The number of nitrogens with one attached hydrogen (secondary N) is 1. The fourth-order valence-electron chi connectivity index (χ4n) is 1.04. The van der Waals surface area contributed by atoms with Crippen molar-refractivity contribution >= 4 is 21.7 Å². The lowest BCUT2D eigenvalue weighted by Crippen LogP contribution is -2.09. The first-order chi connectivity index (χ1) is 5.81. The van der Waals surface area contributed by atoms with E-state index in [9.17, 15) is 5.11 Å². The van der Waals surface area contributed by atoms with Gasteiger partial charge in [-0.2, -0.15) is 0 Å². The molecule has 0 saturated carbocycles. The van der Waals surface area contributed by atoms with Gasteiger partial charge in [0, 0.05) is 11.4 Å². The van der Waals surface area contributed by atoms with Crippen molar-refractivity contribution in [3.63, 3.8) is 0 Å². The number of aliphatic hydroxyl groups is 1. The largest absolute Gasteiger partial charge is 0.386 e. The molecule has 0 saturated heterocycles. The van der Waals surface area contributed by atoms with Crippen molar-refractivity contribution in [1.82, 2.24) is 9.97 Å². The highest BCUT2D eigenvalue weighted by Crippen LogP contribution is 2.26. The Morgan fingerprint density at radius 3 is 3.25 bits per heavy atom. The van der Waals surface area contributed by atoms with E-state index in [1.54, 1.807) is 6.33 Å². The maximum atomic E-state index is 9.39. The van der Waals surface area contributed by atoms with Crippen molar-refractivity contribution in [3.8, 4) is 0 Å². The van der Waals surface area contributed by atoms with Gasteiger partial charge in [0.2, 0.25) is 0 Å². The smallest absolute Gasteiger partial charge is 0.141 e. The summed E-state index contributed by atoms with van der Waals surface area (Å²) in [6.07, 6.45) is 1.08. The molecule has 0 amide bonds. The number of fused-ring (bicyclic) bond motifs is 1. The molecule has 4 nitrogen and oxygen atoms in total. The number of thiophene rings is 1. The molecular weight excluding hydrogens is 174 g/mol. The second kappa shape index (κ2) is 2.85. The third kappa shape index (κ3) is 1.12. The summed E-state index contributed by atoms with van der Waals surface area (Å²) in [6, 6.07) is 1.88. The molecule has 1 atom stereocenters. The van der Waals surface area contributed by atoms with E-state index in [2.05, 4.69) is 9.97 Å². The molecule has 0 bridgehead atoms. The van der Waals surface area contributed by atoms with Crippen molar-refractivity contribution in [2.75, 3.05) is 6.54 Å². The number of hydrogen-bond acceptors (Lipinski definition) is 4. The summed E-state index contributed by atoms with van der Waals surface area (Å²) in [7, 11) is 0. The second-order valence-corrected chi connectivity index (χ2v) is 3.58. The molecule has 0 aromatic carbocycles. The lowest BCUT2D eigenvalue weighted by molar-refractivity contribution is 0.190. The molecule has 12 heavy (non-hydrogen) atoms. The number of nitrogens with zero attached hydrogens (tertiary/aromatic N) is 1. The molecular formula is C7H9N3OS. The fraction of sp³-hybridized carbons (Fsp3) is 0.286. The van der Waals surface area contributed by atoms with Gasteiger partial charge in [-0.25, -0.2) is 4.98 Å². The lowest BCUT2D eigenvalue weighted by atomic mass is 10.3. The Hall–Kier alpha value is -0.910. The molecule has 0 spiro atoms. The van der Waals surface area contributed by atoms with Crippen LogP contribution in [-0.4, -0.2) is 21.6 Å². The fourth-order valence-corrected chi connectivity index (χ4v) is 2.01. The van der Waals surface area contributed by atoms with Gasteiger partial charge in [-0.05, 0) is 6.07 Å². The van der Waals surface area contributed by atoms with Crippen molar-refractivity contribution in [2.24, 2.45) is 5.73 Å². The minimum Gasteiger partial charge on any atom is -0.386 e. The maximum Gasteiger partial charge on any atom is 0.141 e. The van der Waals surface area contributed by atoms with Crippen LogP contribution in [0.2, 0.25) is 0 Å². The number of aliphatic hydroxyl groups excluding tert-OH is 1. The SMILES string of the molecule is NCC(O)c1cc2[nH]cnc2s1. The summed E-state index contributed by atoms with van der Waals surface area (Å²) in [5.41, 5.74) is 6.28. The van der Waals surface area contributed by atoms with Gasteiger partial charge in [-0.15, -0.1) is 11.3 Å². The highest BCUT2D eigenvalue weighted by Gasteiger charge is 2.10. The first-order valence-corrected chi connectivity index (χ1v) is 4.44. The number of imidazole rings is 1. The molecule has 2 rings (SSSR count). The van der Waals surface area contributed by atoms with Gasteiger partial charge in [0.25, 0.3) is 0 Å². The minimum atomic E-state index is -0.558. The van der Waals surface area contributed by atoms with E-state index < -0.39 is 6.10 Å². The van der Waals surface area contributed by atoms with Crippen LogP contribution < -0.4 is 5.73 Å². The van der Waals surface area contributed by atoms with E-state index in [4.69, 9.17) is 5.73 Å². The standard InChI is InChI=1S/C7H9N3OS/c8-2-5(11)6-1-4-7(12-6)10-3-9-4/h1,3,5,11H,2,8H2,(H,9,10). The molecule has 5 heteroatoms. The molecule has 1 unspecified atom stereocenters. The predicted octanol–water partition coefficient (Wildman–Crippen LogP) is 0.617. The summed E-state index contributed by atoms with van der Waals surface area (Å²) in [5, 5.41) is 9.39. The van der Waals surface area contributed by atoms with Crippen LogP contribution in [-0.2, 0) is 0 Å². The van der Waals surface area contributed by atoms with Crippen molar-refractivity contribution in [3.05, 3.63) is 17.3 Å². The minimum absolute atomic E-state index is 0.253. The third-order valence-electron chi connectivity index (χ3n) is 1.69. The highest BCUT2D eigenvalue weighted by molar-refractivity contribution is 7.18. The van der Waals surface area contributed by atoms with E-state index in [-0.39, 0.29) is 6.54 Å². The molecule has 2 heterocycles. The number of aromatic nitrogens is 2. The molecule has 0 aliphatic rings. The number of hydrogen-bond donors (Lipinski definition) is 3. The zero-order valence-electron chi connectivity index (χ0n) is 6.32. The van der Waals surface area contributed by atoms with Gasteiger partial charge in [0.1, 0.15) is 10.9 Å². The lowest BCUT2D eigenvalue weighted by Gasteiger charge is -2.01. The predicted molar refractivity (Wildman–Crippen MR) is 48.0 cm³/mol. The van der Waals surface area contributed by atoms with E-state index in [0.29, 0.717) is 0 Å². The van der Waals surface area contributed by atoms with Crippen molar-refractivity contribution < 1.29 is 5.11 Å². The average molecular weight is 183 g/mol. The van der Waals surface area contributed by atoms with Crippen LogP contribution in [0.1, 0.15) is 11.0 Å². The molecule has 0 aliphatic heterocycles. The Morgan fingerprint density at radius 2 is 2.58 bits per heavy atom. The molecule has 0 aliphatic carbocycles. The molecule has 0 radical (unpaired) electrons. The van der Waals surface area contributed by atoms with E-state index in [1.165, 1.54) is 11.3 Å². The average Bonchev–Trinajstić information content (AvgIpc) is 2.60. The van der Waals surface area contributed by atoms with Crippen LogP contribution in [0.25, 0.3) is 10.3 Å². The quantitative estimate of drug-likeness (QED) is 0.638. The first-order valence-electron chi connectivity index (χ1n) is 3.62. The Labute approximate surface area is 73.0 Å². The Kier molecular flexibility index (Phi) is 1.84. The molecule has 2 aromatic heterocycles. The number of H-pyrrole nitrogens is 1. The number of aromatic amines is 1. The van der Waals surface area contributed by atoms with Gasteiger partial charge < -0.3 is 15.8 Å². The normalized spacial score (nSPS) is 13.8. The maximum absolute atomic E-state index is 9.39. The van der Waals surface area contributed by atoms with Gasteiger partial charge in [0.15, 0.2) is 0 Å². The summed E-state index contributed by atoms with van der Waals surface area (Å²) in [5.74, 6) is 0. The van der Waals surface area contributed by atoms with Gasteiger partial charge in [0.05, 0.1) is 11.8 Å².